The van der Waals surface area contributed by atoms with E-state index in [1.807, 2.05) is 0 Å². The molecule has 0 atom stereocenters. The Bertz CT molecular complexity index is 733. The monoisotopic (exact) mass is 347 g/mol. The van der Waals surface area contributed by atoms with Crippen molar-refractivity contribution in [1.29, 1.82) is 0 Å². The average Bonchev–Trinajstić information content (AvgIpc) is 2.52. The number of nitrogens with one attached hydrogen (secondary N) is 1. The van der Waals surface area contributed by atoms with Crippen LogP contribution in [-0.2, 0) is 10.0 Å². The third-order valence-corrected chi connectivity index (χ3v) is 7.75. The summed E-state index contributed by atoms with van der Waals surface area (Å²) in [4.78, 5) is 11.7. The van der Waals surface area contributed by atoms with Crippen LogP contribution in [0.25, 0.3) is 0 Å². The van der Waals surface area contributed by atoms with Gasteiger partial charge in [-0.15, -0.1) is 0 Å². The van der Waals surface area contributed by atoms with Crippen LogP contribution in [-0.4, -0.2) is 20.7 Å². The van der Waals surface area contributed by atoms with Crippen LogP contribution in [0.1, 0.15) is 55.8 Å². The minimum Gasteiger partial charge on any atom is -0.295 e. The highest BCUT2D eigenvalue weighted by Crippen LogP contribution is 2.59. The molecule has 1 aromatic rings. The van der Waals surface area contributed by atoms with Crippen LogP contribution in [0.4, 0.5) is 0 Å². The van der Waals surface area contributed by atoms with Crippen molar-refractivity contribution in [2.24, 2.45) is 23.2 Å². The van der Waals surface area contributed by atoms with Gasteiger partial charge in [-0.25, -0.2) is 13.1 Å². The molecule has 5 heteroatoms. The van der Waals surface area contributed by atoms with Crippen LogP contribution in [0.2, 0.25) is 0 Å². The summed E-state index contributed by atoms with van der Waals surface area (Å²) in [5, 5.41) is 0. The Kier molecular flexibility index (Phi) is 3.84. The maximum Gasteiger partial charge on any atom is 0.240 e. The second kappa shape index (κ2) is 5.67. The number of ketones is 1. The largest absolute Gasteiger partial charge is 0.295 e. The van der Waals surface area contributed by atoms with Crippen molar-refractivity contribution in [1.82, 2.24) is 4.72 Å². The molecule has 4 aliphatic carbocycles. The zero-order chi connectivity index (χ0) is 16.9. The molecule has 4 fully saturated rings. The lowest BCUT2D eigenvalue weighted by Crippen LogP contribution is -2.51. The molecule has 5 rings (SSSR count). The SMILES string of the molecule is CC(=O)c1cccc(S(=O)(=O)NCC23CC4CC(CC(C4)C2)C3)c1. The summed E-state index contributed by atoms with van der Waals surface area (Å²) in [6, 6.07) is 6.33. The summed E-state index contributed by atoms with van der Waals surface area (Å²) in [6.45, 7) is 2.00. The first-order valence-corrected chi connectivity index (χ1v) is 10.4. The first-order chi connectivity index (χ1) is 11.4. The fourth-order valence-corrected chi connectivity index (χ4v) is 6.92. The molecule has 0 aromatic heterocycles. The highest BCUT2D eigenvalue weighted by atomic mass is 32.2. The summed E-state index contributed by atoms with van der Waals surface area (Å²) < 4.78 is 28.2. The predicted molar refractivity (Wildman–Crippen MR) is 92.2 cm³/mol. The van der Waals surface area contributed by atoms with Gasteiger partial charge in [0.1, 0.15) is 0 Å². The van der Waals surface area contributed by atoms with E-state index in [-0.39, 0.29) is 16.1 Å². The van der Waals surface area contributed by atoms with Crippen molar-refractivity contribution in [3.63, 3.8) is 0 Å². The van der Waals surface area contributed by atoms with E-state index in [9.17, 15) is 13.2 Å². The molecule has 0 radical (unpaired) electrons. The van der Waals surface area contributed by atoms with Crippen molar-refractivity contribution in [2.45, 2.75) is 50.3 Å². The van der Waals surface area contributed by atoms with E-state index in [0.717, 1.165) is 17.8 Å². The summed E-state index contributed by atoms with van der Waals surface area (Å²) in [7, 11) is -3.56. The predicted octanol–water partition coefficient (Wildman–Crippen LogP) is 3.38. The first-order valence-electron chi connectivity index (χ1n) is 8.96. The number of carbonyl (C=O) groups is 1. The lowest BCUT2D eigenvalue weighted by Gasteiger charge is -2.56. The lowest BCUT2D eigenvalue weighted by atomic mass is 9.50. The van der Waals surface area contributed by atoms with E-state index in [0.29, 0.717) is 12.1 Å². The van der Waals surface area contributed by atoms with E-state index in [4.69, 9.17) is 0 Å². The third kappa shape index (κ3) is 2.93. The fraction of sp³-hybridized carbons (Fsp3) is 0.632. The number of hydrogen-bond donors (Lipinski definition) is 1. The average molecular weight is 347 g/mol. The smallest absolute Gasteiger partial charge is 0.240 e. The second-order valence-corrected chi connectivity index (χ2v) is 10.1. The van der Waals surface area contributed by atoms with Gasteiger partial charge in [-0.05, 0) is 80.8 Å². The molecular weight excluding hydrogens is 322 g/mol. The maximum atomic E-state index is 12.7. The molecule has 0 saturated heterocycles. The van der Waals surface area contributed by atoms with Gasteiger partial charge in [0.15, 0.2) is 5.78 Å². The zero-order valence-corrected chi connectivity index (χ0v) is 14.9. The van der Waals surface area contributed by atoms with E-state index < -0.39 is 10.0 Å². The lowest BCUT2D eigenvalue weighted by molar-refractivity contribution is -0.0487. The van der Waals surface area contributed by atoms with Crippen LogP contribution < -0.4 is 4.72 Å². The molecule has 0 unspecified atom stereocenters. The topological polar surface area (TPSA) is 63.2 Å². The van der Waals surface area contributed by atoms with Gasteiger partial charge in [0.25, 0.3) is 0 Å². The summed E-state index contributed by atoms with van der Waals surface area (Å²) in [5.74, 6) is 2.30. The number of hydrogen-bond acceptors (Lipinski definition) is 3. The second-order valence-electron chi connectivity index (χ2n) is 8.33. The molecule has 0 amide bonds. The maximum absolute atomic E-state index is 12.7. The number of carbonyl (C=O) groups excluding carboxylic acids is 1. The number of sulfonamides is 1. The Hall–Kier alpha value is -1.20. The Morgan fingerprint density at radius 2 is 1.71 bits per heavy atom. The first kappa shape index (κ1) is 16.3. The fourth-order valence-electron chi connectivity index (χ4n) is 5.72. The number of Topliss-reactive ketones (excluding diaryl/α,β-unsaturated/α-hetero) is 1. The van der Waals surface area contributed by atoms with Crippen LogP contribution >= 0.6 is 0 Å². The van der Waals surface area contributed by atoms with Crippen molar-refractivity contribution < 1.29 is 13.2 Å². The molecule has 0 aliphatic heterocycles. The molecule has 4 saturated carbocycles. The van der Waals surface area contributed by atoms with Crippen LogP contribution in [0.3, 0.4) is 0 Å². The summed E-state index contributed by atoms with van der Waals surface area (Å²) >= 11 is 0. The molecule has 4 nitrogen and oxygen atoms in total. The van der Waals surface area contributed by atoms with Gasteiger partial charge < -0.3 is 0 Å². The zero-order valence-electron chi connectivity index (χ0n) is 14.1. The number of rotatable bonds is 5. The van der Waals surface area contributed by atoms with E-state index in [1.54, 1.807) is 18.2 Å². The van der Waals surface area contributed by atoms with Crippen LogP contribution in [0, 0.1) is 23.2 Å². The van der Waals surface area contributed by atoms with Gasteiger partial charge in [-0.1, -0.05) is 12.1 Å². The van der Waals surface area contributed by atoms with E-state index >= 15 is 0 Å². The van der Waals surface area contributed by atoms with Gasteiger partial charge in [0, 0.05) is 12.1 Å². The summed E-state index contributed by atoms with van der Waals surface area (Å²) in [5.41, 5.74) is 0.604. The van der Waals surface area contributed by atoms with Gasteiger partial charge in [0.2, 0.25) is 10.0 Å². The Morgan fingerprint density at radius 1 is 1.12 bits per heavy atom. The van der Waals surface area contributed by atoms with Gasteiger partial charge in [-0.2, -0.15) is 0 Å². The highest BCUT2D eigenvalue weighted by molar-refractivity contribution is 7.89. The molecule has 0 heterocycles. The van der Waals surface area contributed by atoms with Crippen molar-refractivity contribution in [2.75, 3.05) is 6.54 Å². The standard InChI is InChI=1S/C19H25NO3S/c1-13(21)17-3-2-4-18(8-17)24(22,23)20-12-19-9-14-5-15(10-19)7-16(6-14)11-19/h2-4,8,14-16,20H,5-7,9-12H2,1H3. The Morgan fingerprint density at radius 3 is 2.25 bits per heavy atom. The molecular formula is C19H25NO3S. The molecule has 24 heavy (non-hydrogen) atoms. The van der Waals surface area contributed by atoms with Crippen molar-refractivity contribution >= 4 is 15.8 Å². The number of benzene rings is 1. The van der Waals surface area contributed by atoms with E-state index in [2.05, 4.69) is 4.72 Å². The third-order valence-electron chi connectivity index (χ3n) is 6.35. The normalized spacial score (nSPS) is 34.5. The summed E-state index contributed by atoms with van der Waals surface area (Å²) in [6.07, 6.45) is 7.59. The minimum absolute atomic E-state index is 0.117. The molecule has 4 aliphatic rings. The minimum atomic E-state index is -3.56. The van der Waals surface area contributed by atoms with Crippen LogP contribution in [0.15, 0.2) is 29.2 Å². The Labute approximate surface area is 144 Å². The molecule has 1 aromatic carbocycles. The molecule has 0 spiro atoms. The molecule has 4 bridgehead atoms. The Balaban J connectivity index is 1.51. The van der Waals surface area contributed by atoms with Gasteiger partial charge >= 0.3 is 0 Å². The van der Waals surface area contributed by atoms with Crippen molar-refractivity contribution in [3.05, 3.63) is 29.8 Å². The quantitative estimate of drug-likeness (QED) is 0.831. The van der Waals surface area contributed by atoms with E-state index in [1.165, 1.54) is 51.5 Å². The van der Waals surface area contributed by atoms with Gasteiger partial charge in [0.05, 0.1) is 4.90 Å². The van der Waals surface area contributed by atoms with Crippen LogP contribution in [0.5, 0.6) is 0 Å². The van der Waals surface area contributed by atoms with Gasteiger partial charge in [-0.3, -0.25) is 4.79 Å². The van der Waals surface area contributed by atoms with Crippen molar-refractivity contribution in [3.8, 4) is 0 Å². The highest BCUT2D eigenvalue weighted by Gasteiger charge is 2.50. The molecule has 1 N–H and O–H groups in total. The molecule has 130 valence electrons.